The Bertz CT molecular complexity index is 1070. The van der Waals surface area contributed by atoms with Crippen molar-refractivity contribution in [3.8, 4) is 0 Å². The molecule has 4 heterocycles. The van der Waals surface area contributed by atoms with Crippen LogP contribution in [0.5, 0.6) is 0 Å². The van der Waals surface area contributed by atoms with Gasteiger partial charge in [-0.25, -0.2) is 4.98 Å². The first-order valence-corrected chi connectivity index (χ1v) is 9.93. The summed E-state index contributed by atoms with van der Waals surface area (Å²) in [5.74, 6) is -0.599. The Hall–Kier alpha value is -2.91. The van der Waals surface area contributed by atoms with Gasteiger partial charge in [0, 0.05) is 30.8 Å². The monoisotopic (exact) mass is 422 g/mol. The van der Waals surface area contributed by atoms with Gasteiger partial charge >= 0.3 is 6.18 Å². The lowest BCUT2D eigenvalue weighted by Crippen LogP contribution is -2.39. The second-order valence-corrected chi connectivity index (χ2v) is 7.39. The molecule has 1 fully saturated rings. The van der Waals surface area contributed by atoms with Crippen LogP contribution in [0.3, 0.4) is 0 Å². The third kappa shape index (κ3) is 3.66. The first-order valence-electron chi connectivity index (χ1n) is 9.93. The van der Waals surface area contributed by atoms with Crippen molar-refractivity contribution >= 4 is 17.0 Å². The second-order valence-electron chi connectivity index (χ2n) is 7.39. The van der Waals surface area contributed by atoms with Crippen molar-refractivity contribution in [1.82, 2.24) is 20.2 Å². The number of amides is 1. The summed E-state index contributed by atoms with van der Waals surface area (Å²) >= 11 is 0. The number of nitrogens with zero attached hydrogens (tertiary/aromatic N) is 4. The Morgan fingerprint density at radius 3 is 2.60 bits per heavy atom. The van der Waals surface area contributed by atoms with Crippen LogP contribution in [0, 0.1) is 0 Å². The molecule has 0 aromatic carbocycles. The number of aryl methyl sites for hydroxylation is 2. The number of carbonyl (C=O) groups excluding carboxylic acids is 1. The lowest BCUT2D eigenvalue weighted by molar-refractivity contribution is -0.136. The van der Waals surface area contributed by atoms with E-state index in [9.17, 15) is 18.0 Å². The molecule has 0 N–H and O–H groups in total. The molecular formula is C20H21F3N4O3. The molecule has 3 aromatic rings. The molecule has 0 saturated carbocycles. The first-order chi connectivity index (χ1) is 14.3. The number of likely N-dealkylation sites (tertiary alicyclic amines) is 1. The molecule has 160 valence electrons. The molecule has 3 aromatic heterocycles. The predicted octanol–water partition coefficient (Wildman–Crippen LogP) is 4.37. The van der Waals surface area contributed by atoms with E-state index < -0.39 is 17.7 Å². The van der Waals surface area contributed by atoms with Gasteiger partial charge in [0.1, 0.15) is 0 Å². The van der Waals surface area contributed by atoms with Gasteiger partial charge in [0.25, 0.3) is 11.6 Å². The zero-order valence-electron chi connectivity index (χ0n) is 16.6. The van der Waals surface area contributed by atoms with E-state index in [2.05, 4.69) is 15.3 Å². The van der Waals surface area contributed by atoms with Gasteiger partial charge in [-0.05, 0) is 31.7 Å². The number of piperidine rings is 1. The number of pyridine rings is 1. The van der Waals surface area contributed by atoms with Crippen molar-refractivity contribution in [2.45, 2.75) is 51.6 Å². The molecule has 1 amide bonds. The van der Waals surface area contributed by atoms with Gasteiger partial charge in [-0.1, -0.05) is 24.2 Å². The maximum atomic E-state index is 13.7. The Balaban J connectivity index is 1.67. The van der Waals surface area contributed by atoms with E-state index in [1.165, 1.54) is 0 Å². The number of hydrogen-bond acceptors (Lipinski definition) is 6. The fourth-order valence-electron chi connectivity index (χ4n) is 3.83. The average Bonchev–Trinajstić information content (AvgIpc) is 3.38. The molecule has 0 aliphatic carbocycles. The minimum atomic E-state index is -4.56. The van der Waals surface area contributed by atoms with Gasteiger partial charge in [-0.3, -0.25) is 4.79 Å². The summed E-state index contributed by atoms with van der Waals surface area (Å²) < 4.78 is 51.5. The van der Waals surface area contributed by atoms with Crippen LogP contribution in [-0.2, 0) is 19.0 Å². The molecule has 0 spiro atoms. The van der Waals surface area contributed by atoms with Crippen molar-refractivity contribution in [3.63, 3.8) is 0 Å². The van der Waals surface area contributed by atoms with Gasteiger partial charge in [-0.2, -0.15) is 13.2 Å². The molecule has 30 heavy (non-hydrogen) atoms. The topological polar surface area (TPSA) is 85.3 Å². The minimum absolute atomic E-state index is 0.119. The van der Waals surface area contributed by atoms with Crippen LogP contribution < -0.4 is 0 Å². The molecular weight excluding hydrogens is 401 g/mol. The average molecular weight is 422 g/mol. The van der Waals surface area contributed by atoms with Crippen LogP contribution in [0.15, 0.2) is 21.2 Å². The number of fused-ring (bicyclic) bond motifs is 1. The van der Waals surface area contributed by atoms with Gasteiger partial charge in [0.2, 0.25) is 5.76 Å². The number of alkyl halides is 3. The summed E-state index contributed by atoms with van der Waals surface area (Å²) in [5, 5.41) is 7.65. The van der Waals surface area contributed by atoms with Crippen LogP contribution in [0.2, 0.25) is 0 Å². The molecule has 0 radical (unpaired) electrons. The molecule has 1 aliphatic rings. The van der Waals surface area contributed by atoms with E-state index in [0.29, 0.717) is 37.9 Å². The molecule has 7 nitrogen and oxygen atoms in total. The Morgan fingerprint density at radius 2 is 1.93 bits per heavy atom. The summed E-state index contributed by atoms with van der Waals surface area (Å²) in [5.41, 5.74) is 0.226. The van der Waals surface area contributed by atoms with E-state index in [1.807, 2.05) is 6.92 Å². The second kappa shape index (κ2) is 7.73. The summed E-state index contributed by atoms with van der Waals surface area (Å²) in [6.07, 6.45) is -2.36. The zero-order valence-corrected chi connectivity index (χ0v) is 16.6. The van der Waals surface area contributed by atoms with Crippen molar-refractivity contribution in [1.29, 1.82) is 0 Å². The smallest absolute Gasteiger partial charge is 0.351 e. The fourth-order valence-corrected chi connectivity index (χ4v) is 3.83. The van der Waals surface area contributed by atoms with Crippen molar-refractivity contribution in [3.05, 3.63) is 40.5 Å². The molecule has 1 saturated heterocycles. The first kappa shape index (κ1) is 20.4. The van der Waals surface area contributed by atoms with Gasteiger partial charge < -0.3 is 13.9 Å². The van der Waals surface area contributed by atoms with E-state index in [0.717, 1.165) is 6.07 Å². The quantitative estimate of drug-likeness (QED) is 0.621. The Morgan fingerprint density at radius 1 is 1.17 bits per heavy atom. The largest absolute Gasteiger partial charge is 0.417 e. The third-order valence-electron chi connectivity index (χ3n) is 5.42. The molecule has 1 unspecified atom stereocenters. The molecule has 4 rings (SSSR count). The van der Waals surface area contributed by atoms with Crippen LogP contribution in [0.25, 0.3) is 11.1 Å². The van der Waals surface area contributed by atoms with Crippen molar-refractivity contribution < 1.29 is 27.0 Å². The van der Waals surface area contributed by atoms with Gasteiger partial charge in [0.05, 0.1) is 22.3 Å². The molecule has 10 heteroatoms. The maximum Gasteiger partial charge on any atom is 0.417 e. The molecule has 0 bridgehead atoms. The normalized spacial score (nSPS) is 17.6. The van der Waals surface area contributed by atoms with Crippen LogP contribution in [-0.4, -0.2) is 39.2 Å². The summed E-state index contributed by atoms with van der Waals surface area (Å²) in [4.78, 5) is 18.5. The highest BCUT2D eigenvalue weighted by Gasteiger charge is 2.38. The standard InChI is InChI=1S/C20H21F3N4O3/c1-3-12-8-14(20(21,22)23)16-17(26-30-18(16)24-12)11-6-5-7-27(10-11)19(28)15-9-13(4-2)25-29-15/h8-9,11H,3-7,10H2,1-2H3. The fraction of sp³-hybridized carbons (Fsp3) is 0.500. The minimum Gasteiger partial charge on any atom is -0.351 e. The predicted molar refractivity (Wildman–Crippen MR) is 99.9 cm³/mol. The Kier molecular flexibility index (Phi) is 5.25. The van der Waals surface area contributed by atoms with E-state index in [-0.39, 0.29) is 40.7 Å². The van der Waals surface area contributed by atoms with Crippen LogP contribution >= 0.6 is 0 Å². The lowest BCUT2D eigenvalue weighted by Gasteiger charge is -2.31. The summed E-state index contributed by atoms with van der Waals surface area (Å²) in [6, 6.07) is 2.64. The Labute approximate surface area is 170 Å². The molecule has 1 atom stereocenters. The number of hydrogen-bond donors (Lipinski definition) is 0. The highest BCUT2D eigenvalue weighted by atomic mass is 19.4. The van der Waals surface area contributed by atoms with E-state index in [4.69, 9.17) is 9.05 Å². The number of rotatable bonds is 4. The van der Waals surface area contributed by atoms with E-state index >= 15 is 0 Å². The summed E-state index contributed by atoms with van der Waals surface area (Å²) in [7, 11) is 0. The van der Waals surface area contributed by atoms with Crippen molar-refractivity contribution in [2.24, 2.45) is 0 Å². The molecule has 1 aliphatic heterocycles. The van der Waals surface area contributed by atoms with Gasteiger partial charge in [-0.15, -0.1) is 0 Å². The highest BCUT2D eigenvalue weighted by molar-refractivity contribution is 5.91. The van der Waals surface area contributed by atoms with Crippen LogP contribution in [0.4, 0.5) is 13.2 Å². The number of aromatic nitrogens is 3. The number of halogens is 3. The van der Waals surface area contributed by atoms with Crippen LogP contribution in [0.1, 0.15) is 65.8 Å². The third-order valence-corrected chi connectivity index (χ3v) is 5.42. The van der Waals surface area contributed by atoms with Gasteiger partial charge in [0.15, 0.2) is 0 Å². The van der Waals surface area contributed by atoms with E-state index in [1.54, 1.807) is 17.9 Å². The zero-order chi connectivity index (χ0) is 21.5. The van der Waals surface area contributed by atoms with Crippen molar-refractivity contribution in [2.75, 3.05) is 13.1 Å². The summed E-state index contributed by atoms with van der Waals surface area (Å²) in [6.45, 7) is 4.33. The number of carbonyl (C=O) groups is 1. The lowest BCUT2D eigenvalue weighted by atomic mass is 9.91. The SMILES string of the molecule is CCc1cc(C(=O)N2CCCC(c3noc4nc(CC)cc(C(F)(F)F)c34)C2)on1. The maximum absolute atomic E-state index is 13.7. The highest BCUT2D eigenvalue weighted by Crippen LogP contribution is 2.40.